The lowest BCUT2D eigenvalue weighted by molar-refractivity contribution is 0.0994. The van der Waals surface area contributed by atoms with Crippen LogP contribution >= 0.6 is 27.5 Å². The molecule has 0 radical (unpaired) electrons. The number of halogens is 2. The standard InChI is InChI=1S/C19H13BrClN5O3/c1-26-16-11-9(19(26)29)6-10(17(23)27)24-14(11)15(12(21)13(16)22)25-18(28)7-2-4-8(20)5-3-7/h2-6H,22H2,1H3,(H2,23,27)(H,25,28). The molecule has 29 heavy (non-hydrogen) atoms. The second-order valence-corrected chi connectivity index (χ2v) is 7.71. The van der Waals surface area contributed by atoms with E-state index in [4.69, 9.17) is 23.1 Å². The van der Waals surface area contributed by atoms with E-state index < -0.39 is 11.8 Å². The van der Waals surface area contributed by atoms with Crippen LogP contribution in [0.15, 0.2) is 34.8 Å². The summed E-state index contributed by atoms with van der Waals surface area (Å²) in [6, 6.07) is 7.99. The number of anilines is 3. The van der Waals surface area contributed by atoms with Gasteiger partial charge in [-0.05, 0) is 30.3 Å². The highest BCUT2D eigenvalue weighted by atomic mass is 79.9. The number of carbonyl (C=O) groups excluding carboxylic acids is 3. The van der Waals surface area contributed by atoms with Crippen molar-refractivity contribution in [3.8, 4) is 0 Å². The van der Waals surface area contributed by atoms with Crippen LogP contribution in [0.4, 0.5) is 17.1 Å². The van der Waals surface area contributed by atoms with Crippen molar-refractivity contribution in [2.45, 2.75) is 0 Å². The molecule has 3 amide bonds. The topological polar surface area (TPSA) is 131 Å². The molecule has 0 fully saturated rings. The van der Waals surface area contributed by atoms with Crippen LogP contribution in [-0.2, 0) is 0 Å². The van der Waals surface area contributed by atoms with Crippen LogP contribution in [0.2, 0.25) is 5.02 Å². The number of nitrogen functional groups attached to an aromatic ring is 1. The maximum absolute atomic E-state index is 12.7. The number of hydrogen-bond acceptors (Lipinski definition) is 5. The zero-order valence-electron chi connectivity index (χ0n) is 14.9. The first kappa shape index (κ1) is 19.2. The van der Waals surface area contributed by atoms with Gasteiger partial charge in [-0.1, -0.05) is 27.5 Å². The van der Waals surface area contributed by atoms with Gasteiger partial charge in [0.15, 0.2) is 0 Å². The highest BCUT2D eigenvalue weighted by Crippen LogP contribution is 2.48. The molecular formula is C19H13BrClN5O3. The number of carbonyl (C=O) groups is 3. The number of pyridine rings is 1. The van der Waals surface area contributed by atoms with E-state index in [1.807, 2.05) is 0 Å². The molecule has 3 aromatic rings. The number of primary amides is 1. The lowest BCUT2D eigenvalue weighted by Gasteiger charge is -2.17. The van der Waals surface area contributed by atoms with Crippen LogP contribution in [0.3, 0.4) is 0 Å². The van der Waals surface area contributed by atoms with E-state index in [1.54, 1.807) is 24.3 Å². The predicted octanol–water partition coefficient (Wildman–Crippen LogP) is 3.17. The highest BCUT2D eigenvalue weighted by Gasteiger charge is 2.34. The Hall–Kier alpha value is -3.17. The Labute approximate surface area is 177 Å². The molecule has 1 aromatic heterocycles. The van der Waals surface area contributed by atoms with E-state index in [1.165, 1.54) is 18.0 Å². The maximum atomic E-state index is 12.7. The van der Waals surface area contributed by atoms with Gasteiger partial charge in [0, 0.05) is 22.5 Å². The normalized spacial score (nSPS) is 12.5. The number of nitrogens with one attached hydrogen (secondary N) is 1. The fraction of sp³-hybridized carbons (Fsp3) is 0.0526. The van der Waals surface area contributed by atoms with Crippen LogP contribution in [0.1, 0.15) is 31.2 Å². The van der Waals surface area contributed by atoms with Crippen molar-refractivity contribution in [2.75, 3.05) is 23.0 Å². The highest BCUT2D eigenvalue weighted by molar-refractivity contribution is 9.10. The number of nitrogens with zero attached hydrogens (tertiary/aromatic N) is 2. The molecule has 2 aromatic carbocycles. The zero-order valence-corrected chi connectivity index (χ0v) is 17.3. The molecule has 146 valence electrons. The molecular weight excluding hydrogens is 462 g/mol. The van der Waals surface area contributed by atoms with Gasteiger partial charge in [0.1, 0.15) is 5.69 Å². The fourth-order valence-electron chi connectivity index (χ4n) is 3.27. The first-order valence-corrected chi connectivity index (χ1v) is 9.48. The van der Waals surface area contributed by atoms with Gasteiger partial charge in [-0.3, -0.25) is 14.4 Å². The molecule has 1 aliphatic heterocycles. The van der Waals surface area contributed by atoms with Crippen molar-refractivity contribution in [3.05, 3.63) is 56.6 Å². The molecule has 0 spiro atoms. The Balaban J connectivity index is 1.97. The van der Waals surface area contributed by atoms with Crippen LogP contribution in [0.25, 0.3) is 10.9 Å². The van der Waals surface area contributed by atoms with E-state index in [-0.39, 0.29) is 39.1 Å². The Bertz CT molecular complexity index is 1240. The van der Waals surface area contributed by atoms with Crippen LogP contribution in [-0.4, -0.2) is 29.8 Å². The van der Waals surface area contributed by atoms with Crippen LogP contribution < -0.4 is 21.7 Å². The molecule has 0 bridgehead atoms. The Morgan fingerprint density at radius 1 is 1.24 bits per heavy atom. The molecule has 4 rings (SSSR count). The minimum Gasteiger partial charge on any atom is -0.396 e. The summed E-state index contributed by atoms with van der Waals surface area (Å²) in [6.45, 7) is 0. The molecule has 8 nitrogen and oxygen atoms in total. The molecule has 2 heterocycles. The molecule has 10 heteroatoms. The van der Waals surface area contributed by atoms with Gasteiger partial charge < -0.3 is 21.7 Å². The lowest BCUT2D eigenvalue weighted by atomic mass is 10.1. The van der Waals surface area contributed by atoms with Gasteiger partial charge in [0.2, 0.25) is 0 Å². The molecule has 1 aliphatic rings. The van der Waals surface area contributed by atoms with Gasteiger partial charge in [0.25, 0.3) is 17.7 Å². The van der Waals surface area contributed by atoms with Gasteiger partial charge >= 0.3 is 0 Å². The average Bonchev–Trinajstić information content (AvgIpc) is 2.95. The average molecular weight is 475 g/mol. The van der Waals surface area contributed by atoms with E-state index >= 15 is 0 Å². The number of aromatic nitrogens is 1. The lowest BCUT2D eigenvalue weighted by Crippen LogP contribution is -2.22. The summed E-state index contributed by atoms with van der Waals surface area (Å²) in [5, 5.41) is 3.11. The van der Waals surface area contributed by atoms with Crippen molar-refractivity contribution in [1.29, 1.82) is 0 Å². The van der Waals surface area contributed by atoms with Gasteiger partial charge in [-0.15, -0.1) is 0 Å². The van der Waals surface area contributed by atoms with E-state index in [9.17, 15) is 14.4 Å². The van der Waals surface area contributed by atoms with Crippen LogP contribution in [0, 0.1) is 0 Å². The zero-order chi connectivity index (χ0) is 21.0. The fourth-order valence-corrected chi connectivity index (χ4v) is 3.76. The Morgan fingerprint density at radius 2 is 1.90 bits per heavy atom. The predicted molar refractivity (Wildman–Crippen MR) is 115 cm³/mol. The SMILES string of the molecule is CN1C(=O)c2cc(C(N)=O)nc3c(NC(=O)c4ccc(Br)cc4)c(Cl)c(N)c1c23. The molecule has 5 N–H and O–H groups in total. The summed E-state index contributed by atoms with van der Waals surface area (Å²) >= 11 is 9.75. The van der Waals surface area contributed by atoms with E-state index in [2.05, 4.69) is 26.2 Å². The molecule has 0 aliphatic carbocycles. The summed E-state index contributed by atoms with van der Waals surface area (Å²) in [5.41, 5.74) is 12.8. The minimum absolute atomic E-state index is 0.0135. The van der Waals surface area contributed by atoms with Gasteiger partial charge in [0.05, 0.1) is 33.2 Å². The van der Waals surface area contributed by atoms with Crippen molar-refractivity contribution in [3.63, 3.8) is 0 Å². The quantitative estimate of drug-likeness (QED) is 0.502. The number of nitrogens with two attached hydrogens (primary N) is 2. The maximum Gasteiger partial charge on any atom is 0.267 e. The second kappa shape index (κ2) is 6.71. The molecule has 0 unspecified atom stereocenters. The Morgan fingerprint density at radius 3 is 2.52 bits per heavy atom. The number of benzene rings is 2. The Kier molecular flexibility index (Phi) is 4.44. The van der Waals surface area contributed by atoms with Crippen molar-refractivity contribution >= 4 is 73.2 Å². The van der Waals surface area contributed by atoms with Gasteiger partial charge in [-0.25, -0.2) is 4.98 Å². The van der Waals surface area contributed by atoms with Gasteiger partial charge in [-0.2, -0.15) is 0 Å². The third-order valence-corrected chi connectivity index (χ3v) is 5.59. The number of amides is 3. The smallest absolute Gasteiger partial charge is 0.267 e. The third kappa shape index (κ3) is 2.90. The molecule has 0 saturated carbocycles. The summed E-state index contributed by atoms with van der Waals surface area (Å²) in [6.07, 6.45) is 0. The summed E-state index contributed by atoms with van der Waals surface area (Å²) in [4.78, 5) is 42.7. The first-order chi connectivity index (χ1) is 13.7. The van der Waals surface area contributed by atoms with E-state index in [0.29, 0.717) is 16.6 Å². The molecule has 0 saturated heterocycles. The van der Waals surface area contributed by atoms with Crippen molar-refractivity contribution in [1.82, 2.24) is 4.98 Å². The number of rotatable bonds is 3. The van der Waals surface area contributed by atoms with Crippen molar-refractivity contribution in [2.24, 2.45) is 5.73 Å². The van der Waals surface area contributed by atoms with Crippen molar-refractivity contribution < 1.29 is 14.4 Å². The second-order valence-electron chi connectivity index (χ2n) is 6.42. The summed E-state index contributed by atoms with van der Waals surface area (Å²) in [5.74, 6) is -1.65. The van der Waals surface area contributed by atoms with Crippen LogP contribution in [0.5, 0.6) is 0 Å². The monoisotopic (exact) mass is 473 g/mol. The summed E-state index contributed by atoms with van der Waals surface area (Å²) in [7, 11) is 1.54. The largest absolute Gasteiger partial charge is 0.396 e. The number of hydrogen-bond donors (Lipinski definition) is 3. The minimum atomic E-state index is -0.815. The van der Waals surface area contributed by atoms with E-state index in [0.717, 1.165) is 4.47 Å². The summed E-state index contributed by atoms with van der Waals surface area (Å²) < 4.78 is 0.816. The molecule has 0 atom stereocenters. The third-order valence-electron chi connectivity index (χ3n) is 4.67. The first-order valence-electron chi connectivity index (χ1n) is 8.31.